The molecule has 0 aliphatic carbocycles. The van der Waals surface area contributed by atoms with Crippen LogP contribution in [-0.2, 0) is 11.2 Å². The van der Waals surface area contributed by atoms with Gasteiger partial charge in [-0.15, -0.1) is 11.3 Å². The van der Waals surface area contributed by atoms with Crippen LogP contribution in [0.5, 0.6) is 0 Å². The fourth-order valence-corrected chi connectivity index (χ4v) is 2.71. The van der Waals surface area contributed by atoms with Gasteiger partial charge in [-0.2, -0.15) is 0 Å². The molecule has 2 heterocycles. The first-order chi connectivity index (χ1) is 10.2. The Labute approximate surface area is 129 Å². The van der Waals surface area contributed by atoms with Gasteiger partial charge in [0.1, 0.15) is 0 Å². The SMILES string of the molecule is CC(C)c1scnc1/C=C/C(=O)NCCc1ccncc1. The number of thiazole rings is 1. The van der Waals surface area contributed by atoms with Crippen LogP contribution in [0.1, 0.15) is 35.9 Å². The average molecular weight is 301 g/mol. The highest BCUT2D eigenvalue weighted by atomic mass is 32.1. The smallest absolute Gasteiger partial charge is 0.244 e. The van der Waals surface area contributed by atoms with Crippen molar-refractivity contribution in [3.63, 3.8) is 0 Å². The topological polar surface area (TPSA) is 54.9 Å². The Hall–Kier alpha value is -2.01. The van der Waals surface area contributed by atoms with Gasteiger partial charge < -0.3 is 5.32 Å². The molecule has 0 saturated heterocycles. The fraction of sp³-hybridized carbons (Fsp3) is 0.312. The lowest BCUT2D eigenvalue weighted by Crippen LogP contribution is -2.23. The molecule has 0 atom stereocenters. The quantitative estimate of drug-likeness (QED) is 0.834. The van der Waals surface area contributed by atoms with Crippen molar-refractivity contribution >= 4 is 23.3 Å². The third-order valence-electron chi connectivity index (χ3n) is 3.00. The molecule has 2 aromatic heterocycles. The van der Waals surface area contributed by atoms with E-state index in [2.05, 4.69) is 29.1 Å². The highest BCUT2D eigenvalue weighted by Gasteiger charge is 2.07. The van der Waals surface area contributed by atoms with E-state index < -0.39 is 0 Å². The summed E-state index contributed by atoms with van der Waals surface area (Å²) in [5.41, 5.74) is 3.87. The van der Waals surface area contributed by atoms with Gasteiger partial charge in [-0.3, -0.25) is 9.78 Å². The van der Waals surface area contributed by atoms with Gasteiger partial charge in [0.15, 0.2) is 0 Å². The van der Waals surface area contributed by atoms with E-state index >= 15 is 0 Å². The fourth-order valence-electron chi connectivity index (χ4n) is 1.91. The zero-order chi connectivity index (χ0) is 15.1. The van der Waals surface area contributed by atoms with Crippen LogP contribution in [0.15, 0.2) is 36.1 Å². The molecule has 5 heteroatoms. The molecule has 1 amide bonds. The first-order valence-electron chi connectivity index (χ1n) is 6.95. The zero-order valence-corrected chi connectivity index (χ0v) is 13.1. The Morgan fingerprint density at radius 1 is 1.38 bits per heavy atom. The molecular weight excluding hydrogens is 282 g/mol. The van der Waals surface area contributed by atoms with E-state index in [1.54, 1.807) is 35.9 Å². The number of amides is 1. The van der Waals surface area contributed by atoms with Gasteiger partial charge in [-0.1, -0.05) is 13.8 Å². The van der Waals surface area contributed by atoms with E-state index in [9.17, 15) is 4.79 Å². The van der Waals surface area contributed by atoms with Crippen molar-refractivity contribution in [2.75, 3.05) is 6.54 Å². The predicted octanol–water partition coefficient (Wildman–Crippen LogP) is 3.03. The van der Waals surface area contributed by atoms with Crippen LogP contribution in [0.3, 0.4) is 0 Å². The van der Waals surface area contributed by atoms with Crippen LogP contribution in [-0.4, -0.2) is 22.4 Å². The molecule has 2 rings (SSSR count). The number of nitrogens with one attached hydrogen (secondary N) is 1. The van der Waals surface area contributed by atoms with E-state index in [1.807, 2.05) is 17.6 Å². The molecule has 2 aromatic rings. The lowest BCUT2D eigenvalue weighted by molar-refractivity contribution is -0.116. The monoisotopic (exact) mass is 301 g/mol. The van der Waals surface area contributed by atoms with Crippen molar-refractivity contribution in [2.45, 2.75) is 26.2 Å². The second-order valence-electron chi connectivity index (χ2n) is 4.99. The minimum Gasteiger partial charge on any atom is -0.352 e. The number of pyridine rings is 1. The van der Waals surface area contributed by atoms with Crippen molar-refractivity contribution in [3.8, 4) is 0 Å². The predicted molar refractivity (Wildman–Crippen MR) is 86.2 cm³/mol. The Kier molecular flexibility index (Phi) is 5.63. The van der Waals surface area contributed by atoms with Gasteiger partial charge in [-0.25, -0.2) is 4.98 Å². The molecule has 0 unspecified atom stereocenters. The Bertz CT molecular complexity index is 605. The highest BCUT2D eigenvalue weighted by molar-refractivity contribution is 7.09. The first kappa shape index (κ1) is 15.4. The van der Waals surface area contributed by atoms with Crippen LogP contribution >= 0.6 is 11.3 Å². The number of aromatic nitrogens is 2. The number of hydrogen-bond donors (Lipinski definition) is 1. The molecule has 0 radical (unpaired) electrons. The van der Waals surface area contributed by atoms with Crippen molar-refractivity contribution in [1.82, 2.24) is 15.3 Å². The minimum absolute atomic E-state index is 0.0910. The molecular formula is C16H19N3OS. The summed E-state index contributed by atoms with van der Waals surface area (Å²) in [6.07, 6.45) is 7.65. The van der Waals surface area contributed by atoms with E-state index in [4.69, 9.17) is 0 Å². The largest absolute Gasteiger partial charge is 0.352 e. The van der Waals surface area contributed by atoms with Crippen molar-refractivity contribution in [3.05, 3.63) is 52.2 Å². The van der Waals surface area contributed by atoms with Gasteiger partial charge in [0, 0.05) is 29.9 Å². The molecule has 0 aliphatic rings. The molecule has 0 aromatic carbocycles. The lowest BCUT2D eigenvalue weighted by Gasteiger charge is -2.03. The maximum Gasteiger partial charge on any atom is 0.244 e. The maximum atomic E-state index is 11.8. The van der Waals surface area contributed by atoms with Crippen molar-refractivity contribution in [1.29, 1.82) is 0 Å². The van der Waals surface area contributed by atoms with Gasteiger partial charge in [0.05, 0.1) is 11.2 Å². The number of carbonyl (C=O) groups excluding carboxylic acids is 1. The molecule has 0 fully saturated rings. The summed E-state index contributed by atoms with van der Waals surface area (Å²) in [6, 6.07) is 3.90. The summed E-state index contributed by atoms with van der Waals surface area (Å²) >= 11 is 1.62. The molecule has 0 saturated carbocycles. The highest BCUT2D eigenvalue weighted by Crippen LogP contribution is 2.23. The summed E-state index contributed by atoms with van der Waals surface area (Å²) in [7, 11) is 0. The van der Waals surface area contributed by atoms with Gasteiger partial charge in [0.2, 0.25) is 5.91 Å². The zero-order valence-electron chi connectivity index (χ0n) is 12.2. The van der Waals surface area contributed by atoms with E-state index in [0.717, 1.165) is 17.7 Å². The van der Waals surface area contributed by atoms with E-state index in [-0.39, 0.29) is 5.91 Å². The summed E-state index contributed by atoms with van der Waals surface area (Å²) in [5.74, 6) is 0.332. The Morgan fingerprint density at radius 3 is 2.86 bits per heavy atom. The summed E-state index contributed by atoms with van der Waals surface area (Å²) < 4.78 is 0. The summed E-state index contributed by atoms with van der Waals surface area (Å²) in [6.45, 7) is 4.86. The lowest BCUT2D eigenvalue weighted by atomic mass is 10.1. The third kappa shape index (κ3) is 4.79. The van der Waals surface area contributed by atoms with Crippen LogP contribution in [0.2, 0.25) is 0 Å². The standard InChI is InChI=1S/C16H19N3OS/c1-12(2)16-14(19-11-21-16)3-4-15(20)18-10-7-13-5-8-17-9-6-13/h3-6,8-9,11-12H,7,10H2,1-2H3,(H,18,20)/b4-3+. The van der Waals surface area contributed by atoms with Gasteiger partial charge >= 0.3 is 0 Å². The molecule has 0 spiro atoms. The second-order valence-corrected chi connectivity index (χ2v) is 5.87. The number of carbonyl (C=O) groups is 1. The minimum atomic E-state index is -0.0910. The van der Waals surface area contributed by atoms with Gasteiger partial charge in [-0.05, 0) is 36.1 Å². The number of rotatable bonds is 6. The third-order valence-corrected chi connectivity index (χ3v) is 4.15. The molecule has 4 nitrogen and oxygen atoms in total. The Morgan fingerprint density at radius 2 is 2.14 bits per heavy atom. The van der Waals surface area contributed by atoms with E-state index in [0.29, 0.717) is 12.5 Å². The van der Waals surface area contributed by atoms with Crippen LogP contribution < -0.4 is 5.32 Å². The van der Waals surface area contributed by atoms with Gasteiger partial charge in [0.25, 0.3) is 0 Å². The molecule has 0 bridgehead atoms. The maximum absolute atomic E-state index is 11.8. The first-order valence-corrected chi connectivity index (χ1v) is 7.83. The van der Waals surface area contributed by atoms with E-state index in [1.165, 1.54) is 4.88 Å². The second kappa shape index (κ2) is 7.69. The molecule has 110 valence electrons. The molecule has 1 N–H and O–H groups in total. The summed E-state index contributed by atoms with van der Waals surface area (Å²) in [5, 5.41) is 2.87. The molecule has 0 aliphatic heterocycles. The normalized spacial score (nSPS) is 11.2. The van der Waals surface area contributed by atoms with Crippen molar-refractivity contribution < 1.29 is 4.79 Å². The summed E-state index contributed by atoms with van der Waals surface area (Å²) in [4.78, 5) is 21.2. The van der Waals surface area contributed by atoms with Crippen LogP contribution in [0.4, 0.5) is 0 Å². The van der Waals surface area contributed by atoms with Crippen LogP contribution in [0.25, 0.3) is 6.08 Å². The number of hydrogen-bond acceptors (Lipinski definition) is 4. The average Bonchev–Trinajstić information content (AvgIpc) is 2.95. The molecule has 21 heavy (non-hydrogen) atoms. The Balaban J connectivity index is 1.81. The van der Waals surface area contributed by atoms with Crippen molar-refractivity contribution in [2.24, 2.45) is 0 Å². The van der Waals surface area contributed by atoms with Crippen LogP contribution in [0, 0.1) is 0 Å². The number of nitrogens with zero attached hydrogens (tertiary/aromatic N) is 2.